The maximum atomic E-state index is 11.8. The van der Waals surface area contributed by atoms with Crippen molar-refractivity contribution in [1.29, 1.82) is 5.26 Å². The molecule has 6 heteroatoms. The number of nitriles is 1. The molecule has 1 saturated carbocycles. The molecule has 0 bridgehead atoms. The molecule has 0 unspecified atom stereocenters. The number of hydrogen-bond donors (Lipinski definition) is 3. The molecule has 3 N–H and O–H groups in total. The highest BCUT2D eigenvalue weighted by atomic mass is 16.4. The lowest BCUT2D eigenvalue weighted by Gasteiger charge is -2.40. The molecular weight excluding hydrogens is 270 g/mol. The maximum Gasteiger partial charge on any atom is 0.319 e. The van der Waals surface area contributed by atoms with Crippen LogP contribution in [0.25, 0.3) is 0 Å². The van der Waals surface area contributed by atoms with Gasteiger partial charge in [-0.1, -0.05) is 12.5 Å². The van der Waals surface area contributed by atoms with Gasteiger partial charge in [-0.3, -0.25) is 4.79 Å². The first kappa shape index (κ1) is 14.9. The first-order valence-corrected chi connectivity index (χ1v) is 6.80. The highest BCUT2D eigenvalue weighted by molar-refractivity contribution is 5.89. The van der Waals surface area contributed by atoms with Gasteiger partial charge in [-0.2, -0.15) is 5.26 Å². The minimum Gasteiger partial charge on any atom is -0.481 e. The molecule has 0 saturated heterocycles. The Balaban J connectivity index is 1.87. The number of benzene rings is 1. The Kier molecular flexibility index (Phi) is 4.43. The molecule has 6 nitrogen and oxygen atoms in total. The summed E-state index contributed by atoms with van der Waals surface area (Å²) in [5.41, 5.74) is 0.694. The fourth-order valence-electron chi connectivity index (χ4n) is 2.52. The molecule has 2 rings (SSSR count). The second-order valence-electron chi connectivity index (χ2n) is 5.42. The van der Waals surface area contributed by atoms with E-state index in [1.54, 1.807) is 24.3 Å². The van der Waals surface area contributed by atoms with Crippen LogP contribution in [-0.4, -0.2) is 23.7 Å². The molecule has 21 heavy (non-hydrogen) atoms. The smallest absolute Gasteiger partial charge is 0.319 e. The fourth-order valence-corrected chi connectivity index (χ4v) is 2.52. The van der Waals surface area contributed by atoms with E-state index in [4.69, 9.17) is 10.4 Å². The van der Waals surface area contributed by atoms with Crippen LogP contribution >= 0.6 is 0 Å². The van der Waals surface area contributed by atoms with Crippen molar-refractivity contribution in [3.8, 4) is 6.07 Å². The van der Waals surface area contributed by atoms with E-state index >= 15 is 0 Å². The topological polar surface area (TPSA) is 102 Å². The SMILES string of the molecule is N#Cc1cccc(NC(=O)NCC2(CC(=O)O)CCC2)c1. The third kappa shape index (κ3) is 3.96. The van der Waals surface area contributed by atoms with Crippen molar-refractivity contribution in [3.63, 3.8) is 0 Å². The van der Waals surface area contributed by atoms with E-state index in [1.807, 2.05) is 6.07 Å². The van der Waals surface area contributed by atoms with Crippen LogP contribution in [0.1, 0.15) is 31.2 Å². The lowest BCUT2D eigenvalue weighted by molar-refractivity contribution is -0.141. The third-order valence-corrected chi connectivity index (χ3v) is 3.81. The molecule has 1 aromatic carbocycles. The van der Waals surface area contributed by atoms with E-state index in [-0.39, 0.29) is 17.9 Å². The van der Waals surface area contributed by atoms with Crippen molar-refractivity contribution < 1.29 is 14.7 Å². The first-order chi connectivity index (χ1) is 10.0. The summed E-state index contributed by atoms with van der Waals surface area (Å²) >= 11 is 0. The van der Waals surface area contributed by atoms with Crippen molar-refractivity contribution >= 4 is 17.7 Å². The molecule has 0 atom stereocenters. The zero-order valence-corrected chi connectivity index (χ0v) is 11.6. The van der Waals surface area contributed by atoms with Gasteiger partial charge in [-0.05, 0) is 36.5 Å². The minimum absolute atomic E-state index is 0.0806. The number of nitrogens with one attached hydrogen (secondary N) is 2. The standard InChI is InChI=1S/C15H17N3O3/c16-9-11-3-1-4-12(7-11)18-14(21)17-10-15(5-2-6-15)8-13(19)20/h1,3-4,7H,2,5-6,8,10H2,(H,19,20)(H2,17,18,21). The summed E-state index contributed by atoms with van der Waals surface area (Å²) in [6.45, 7) is 0.350. The molecule has 1 aromatic rings. The minimum atomic E-state index is -0.835. The number of rotatable bonds is 5. The molecule has 110 valence electrons. The summed E-state index contributed by atoms with van der Waals surface area (Å²) in [5.74, 6) is -0.835. The van der Waals surface area contributed by atoms with Crippen LogP contribution in [-0.2, 0) is 4.79 Å². The van der Waals surface area contributed by atoms with Crippen molar-refractivity contribution in [2.24, 2.45) is 5.41 Å². The van der Waals surface area contributed by atoms with Gasteiger partial charge in [0.25, 0.3) is 0 Å². The van der Waals surface area contributed by atoms with E-state index in [0.717, 1.165) is 19.3 Å². The number of anilines is 1. The summed E-state index contributed by atoms with van der Waals surface area (Å²) in [5, 5.41) is 23.1. The molecule has 0 aromatic heterocycles. The number of hydrogen-bond acceptors (Lipinski definition) is 3. The lowest BCUT2D eigenvalue weighted by Crippen LogP contribution is -2.44. The number of urea groups is 1. The molecule has 0 radical (unpaired) electrons. The van der Waals surface area contributed by atoms with Crippen LogP contribution in [0.2, 0.25) is 0 Å². The summed E-state index contributed by atoms with van der Waals surface area (Å²) in [6, 6.07) is 8.22. The highest BCUT2D eigenvalue weighted by Crippen LogP contribution is 2.43. The largest absolute Gasteiger partial charge is 0.481 e. The van der Waals surface area contributed by atoms with E-state index in [9.17, 15) is 9.59 Å². The quantitative estimate of drug-likeness (QED) is 0.773. The number of carboxylic acids is 1. The summed E-state index contributed by atoms with van der Waals surface area (Å²) in [6.07, 6.45) is 2.73. The van der Waals surface area contributed by atoms with Crippen molar-refractivity contribution in [2.45, 2.75) is 25.7 Å². The molecule has 0 aliphatic heterocycles. The van der Waals surface area contributed by atoms with Gasteiger partial charge in [0.2, 0.25) is 0 Å². The van der Waals surface area contributed by atoms with E-state index in [1.165, 1.54) is 0 Å². The number of amides is 2. The predicted molar refractivity (Wildman–Crippen MR) is 76.7 cm³/mol. The molecule has 0 spiro atoms. The van der Waals surface area contributed by atoms with Crippen molar-refractivity contribution in [1.82, 2.24) is 5.32 Å². The third-order valence-electron chi connectivity index (χ3n) is 3.81. The zero-order valence-electron chi connectivity index (χ0n) is 11.6. The average Bonchev–Trinajstić information content (AvgIpc) is 2.41. The van der Waals surface area contributed by atoms with Crippen LogP contribution in [0.5, 0.6) is 0 Å². The summed E-state index contributed by atoms with van der Waals surface area (Å²) in [7, 11) is 0. The Labute approximate surface area is 122 Å². The van der Waals surface area contributed by atoms with E-state index in [0.29, 0.717) is 17.8 Å². The maximum absolute atomic E-state index is 11.8. The van der Waals surface area contributed by atoms with Crippen LogP contribution in [0.15, 0.2) is 24.3 Å². The van der Waals surface area contributed by atoms with Crippen LogP contribution in [0, 0.1) is 16.7 Å². The summed E-state index contributed by atoms with van der Waals surface area (Å²) in [4.78, 5) is 22.7. The molecule has 2 amide bonds. The van der Waals surface area contributed by atoms with Gasteiger partial charge in [0.1, 0.15) is 0 Å². The van der Waals surface area contributed by atoms with Crippen LogP contribution in [0.3, 0.4) is 0 Å². The number of carbonyl (C=O) groups is 2. The molecule has 0 heterocycles. The summed E-state index contributed by atoms with van der Waals surface area (Å²) < 4.78 is 0. The van der Waals surface area contributed by atoms with Gasteiger partial charge >= 0.3 is 12.0 Å². The van der Waals surface area contributed by atoms with Gasteiger partial charge in [-0.15, -0.1) is 0 Å². The Morgan fingerprint density at radius 2 is 2.14 bits per heavy atom. The normalized spacial score (nSPS) is 15.4. The molecular formula is C15H17N3O3. The van der Waals surface area contributed by atoms with E-state index < -0.39 is 5.97 Å². The average molecular weight is 287 g/mol. The first-order valence-electron chi connectivity index (χ1n) is 6.80. The Morgan fingerprint density at radius 1 is 1.38 bits per heavy atom. The van der Waals surface area contributed by atoms with Crippen LogP contribution in [0.4, 0.5) is 10.5 Å². The van der Waals surface area contributed by atoms with Gasteiger partial charge in [0.05, 0.1) is 18.1 Å². The number of carboxylic acid groups (broad SMARTS) is 1. The van der Waals surface area contributed by atoms with Gasteiger partial charge < -0.3 is 15.7 Å². The fraction of sp³-hybridized carbons (Fsp3) is 0.400. The van der Waals surface area contributed by atoms with E-state index in [2.05, 4.69) is 10.6 Å². The Hall–Kier alpha value is -2.55. The van der Waals surface area contributed by atoms with Gasteiger partial charge in [0, 0.05) is 12.2 Å². The predicted octanol–water partition coefficient (Wildman–Crippen LogP) is 2.32. The van der Waals surface area contributed by atoms with Gasteiger partial charge in [0.15, 0.2) is 0 Å². The Morgan fingerprint density at radius 3 is 2.71 bits per heavy atom. The molecule has 1 aliphatic carbocycles. The van der Waals surface area contributed by atoms with Crippen molar-refractivity contribution in [2.75, 3.05) is 11.9 Å². The number of carbonyl (C=O) groups excluding carboxylic acids is 1. The van der Waals surface area contributed by atoms with Crippen molar-refractivity contribution in [3.05, 3.63) is 29.8 Å². The lowest BCUT2D eigenvalue weighted by atomic mass is 9.66. The van der Waals surface area contributed by atoms with Gasteiger partial charge in [-0.25, -0.2) is 4.79 Å². The number of aliphatic carboxylic acids is 1. The highest BCUT2D eigenvalue weighted by Gasteiger charge is 2.39. The Bertz CT molecular complexity index is 588. The number of nitrogens with zero attached hydrogens (tertiary/aromatic N) is 1. The molecule has 1 fully saturated rings. The zero-order chi connectivity index (χ0) is 15.3. The second-order valence-corrected chi connectivity index (χ2v) is 5.42. The second kappa shape index (κ2) is 6.27. The monoisotopic (exact) mass is 287 g/mol. The molecule has 1 aliphatic rings. The van der Waals surface area contributed by atoms with Crippen LogP contribution < -0.4 is 10.6 Å².